The molecule has 0 amide bonds. The number of ether oxygens (including phenoxy) is 1. The first kappa shape index (κ1) is 16.0. The maximum Gasteiger partial charge on any atom is 0.241 e. The predicted octanol–water partition coefficient (Wildman–Crippen LogP) is 3.58. The summed E-state index contributed by atoms with van der Waals surface area (Å²) in [6.07, 6.45) is 0.578. The van der Waals surface area contributed by atoms with Gasteiger partial charge in [0.1, 0.15) is 11.4 Å². The second-order valence-electron chi connectivity index (χ2n) is 6.59. The fraction of sp³-hybridized carbons (Fsp3) is 0.333. The number of benzene rings is 2. The van der Waals surface area contributed by atoms with E-state index in [2.05, 4.69) is 4.72 Å². The van der Waals surface area contributed by atoms with Crippen LogP contribution in [0.3, 0.4) is 0 Å². The number of rotatable bonds is 3. The van der Waals surface area contributed by atoms with Crippen molar-refractivity contribution in [3.63, 3.8) is 0 Å². The lowest BCUT2D eigenvalue weighted by Crippen LogP contribution is -2.41. The lowest BCUT2D eigenvalue weighted by Gasteiger charge is -2.37. The zero-order valence-electron chi connectivity index (χ0n) is 13.5. The topological polar surface area (TPSA) is 55.4 Å². The Labute approximate surface area is 137 Å². The van der Waals surface area contributed by atoms with E-state index in [1.807, 2.05) is 51.1 Å². The second kappa shape index (κ2) is 5.65. The summed E-state index contributed by atoms with van der Waals surface area (Å²) in [4.78, 5) is 0.291. The number of aryl methyl sites for hydroxylation is 1. The largest absolute Gasteiger partial charge is 0.487 e. The average Bonchev–Trinajstić information content (AvgIpc) is 2.45. The Bertz CT molecular complexity index is 828. The number of hydrogen-bond acceptors (Lipinski definition) is 3. The van der Waals surface area contributed by atoms with E-state index in [0.29, 0.717) is 11.3 Å². The van der Waals surface area contributed by atoms with E-state index >= 15 is 0 Å². The van der Waals surface area contributed by atoms with Gasteiger partial charge in [-0.3, -0.25) is 0 Å². The molecule has 4 nitrogen and oxygen atoms in total. The van der Waals surface area contributed by atoms with Crippen molar-refractivity contribution in [1.29, 1.82) is 0 Å². The summed E-state index contributed by atoms with van der Waals surface area (Å²) in [5.41, 5.74) is 1.37. The molecule has 5 heteroatoms. The Balaban J connectivity index is 1.96. The van der Waals surface area contributed by atoms with Crippen LogP contribution >= 0.6 is 0 Å². The molecule has 0 saturated heterocycles. The van der Waals surface area contributed by atoms with Crippen molar-refractivity contribution in [3.05, 3.63) is 59.7 Å². The Morgan fingerprint density at radius 2 is 1.87 bits per heavy atom. The van der Waals surface area contributed by atoms with Gasteiger partial charge in [0.15, 0.2) is 0 Å². The van der Waals surface area contributed by atoms with E-state index in [9.17, 15) is 8.42 Å². The van der Waals surface area contributed by atoms with E-state index in [0.717, 1.165) is 16.9 Å². The van der Waals surface area contributed by atoms with Gasteiger partial charge in [0.2, 0.25) is 10.0 Å². The monoisotopic (exact) mass is 331 g/mol. The molecule has 23 heavy (non-hydrogen) atoms. The van der Waals surface area contributed by atoms with Crippen molar-refractivity contribution in [3.8, 4) is 5.75 Å². The summed E-state index contributed by atoms with van der Waals surface area (Å²) in [6.45, 7) is 5.82. The maximum absolute atomic E-state index is 12.7. The first-order chi connectivity index (χ1) is 10.8. The molecule has 1 unspecified atom stereocenters. The predicted molar refractivity (Wildman–Crippen MR) is 90.0 cm³/mol. The summed E-state index contributed by atoms with van der Waals surface area (Å²) < 4.78 is 34.2. The fourth-order valence-corrected chi connectivity index (χ4v) is 4.26. The second-order valence-corrected chi connectivity index (χ2v) is 8.31. The molecule has 1 aliphatic rings. The van der Waals surface area contributed by atoms with Gasteiger partial charge in [-0.05, 0) is 44.5 Å². The van der Waals surface area contributed by atoms with Gasteiger partial charge >= 0.3 is 0 Å². The van der Waals surface area contributed by atoms with E-state index in [1.54, 1.807) is 18.2 Å². The van der Waals surface area contributed by atoms with Crippen molar-refractivity contribution in [2.24, 2.45) is 0 Å². The molecule has 3 rings (SSSR count). The quantitative estimate of drug-likeness (QED) is 0.935. The summed E-state index contributed by atoms with van der Waals surface area (Å²) in [6, 6.07) is 14.2. The van der Waals surface area contributed by atoms with Gasteiger partial charge in [0.25, 0.3) is 0 Å². The molecule has 122 valence electrons. The van der Waals surface area contributed by atoms with Gasteiger partial charge in [-0.15, -0.1) is 0 Å². The summed E-state index contributed by atoms with van der Waals surface area (Å²) in [5, 5.41) is 0. The van der Waals surface area contributed by atoms with Crippen LogP contribution in [0, 0.1) is 6.92 Å². The minimum Gasteiger partial charge on any atom is -0.487 e. The van der Waals surface area contributed by atoms with Crippen molar-refractivity contribution in [1.82, 2.24) is 4.72 Å². The average molecular weight is 331 g/mol. The molecule has 0 spiro atoms. The molecule has 1 atom stereocenters. The molecule has 2 aromatic carbocycles. The van der Waals surface area contributed by atoms with Crippen molar-refractivity contribution in [2.45, 2.75) is 43.7 Å². The van der Waals surface area contributed by atoms with E-state index in [1.165, 1.54) is 0 Å². The fourth-order valence-electron chi connectivity index (χ4n) is 2.95. The van der Waals surface area contributed by atoms with Crippen LogP contribution in [0.25, 0.3) is 0 Å². The van der Waals surface area contributed by atoms with Crippen LogP contribution in [0.5, 0.6) is 5.75 Å². The van der Waals surface area contributed by atoms with Crippen molar-refractivity contribution >= 4 is 10.0 Å². The van der Waals surface area contributed by atoms with Crippen LogP contribution < -0.4 is 9.46 Å². The van der Waals surface area contributed by atoms with Gasteiger partial charge in [-0.2, -0.15) is 0 Å². The normalized spacial score (nSPS) is 19.7. The molecule has 0 bridgehead atoms. The Morgan fingerprint density at radius 3 is 2.61 bits per heavy atom. The minimum absolute atomic E-state index is 0.291. The standard InChI is InChI=1S/C18H21NO3S/c1-13-7-6-8-14(11-13)23(20,21)19-16-12-18(2,3)22-17-10-5-4-9-15(16)17/h4-11,16,19H,12H2,1-3H3. The van der Waals surface area contributed by atoms with Crippen molar-refractivity contribution in [2.75, 3.05) is 0 Å². The SMILES string of the molecule is Cc1cccc(S(=O)(=O)NC2CC(C)(C)Oc3ccccc32)c1. The molecule has 1 heterocycles. The molecular weight excluding hydrogens is 310 g/mol. The molecule has 0 fully saturated rings. The third-order valence-corrected chi connectivity index (χ3v) is 5.44. The van der Waals surface area contributed by atoms with Crippen LogP contribution in [0.2, 0.25) is 0 Å². The minimum atomic E-state index is -3.58. The van der Waals surface area contributed by atoms with Crippen LogP contribution in [0.1, 0.15) is 37.4 Å². The Morgan fingerprint density at radius 1 is 1.13 bits per heavy atom. The number of hydrogen-bond donors (Lipinski definition) is 1. The van der Waals surface area contributed by atoms with E-state index < -0.39 is 15.6 Å². The summed E-state index contributed by atoms with van der Waals surface area (Å²) in [7, 11) is -3.58. The molecule has 2 aromatic rings. The number of fused-ring (bicyclic) bond motifs is 1. The molecule has 1 aliphatic heterocycles. The maximum atomic E-state index is 12.7. The Hall–Kier alpha value is -1.85. The third-order valence-electron chi connectivity index (χ3n) is 3.97. The number of para-hydroxylation sites is 1. The zero-order valence-corrected chi connectivity index (χ0v) is 14.4. The summed E-state index contributed by atoms with van der Waals surface area (Å²) in [5.74, 6) is 0.737. The molecule has 0 aromatic heterocycles. The van der Waals surface area contributed by atoms with Gasteiger partial charge in [0.05, 0.1) is 10.9 Å². The molecule has 0 saturated carbocycles. The Kier molecular flexibility index (Phi) is 3.94. The van der Waals surface area contributed by atoms with Crippen molar-refractivity contribution < 1.29 is 13.2 Å². The lowest BCUT2D eigenvalue weighted by molar-refractivity contribution is 0.0702. The summed E-state index contributed by atoms with van der Waals surface area (Å²) >= 11 is 0. The molecule has 0 radical (unpaired) electrons. The van der Waals surface area contributed by atoms with E-state index in [4.69, 9.17) is 4.74 Å². The highest BCUT2D eigenvalue weighted by Crippen LogP contribution is 2.39. The van der Waals surface area contributed by atoms with Crippen LogP contribution in [-0.4, -0.2) is 14.0 Å². The highest BCUT2D eigenvalue weighted by atomic mass is 32.2. The zero-order chi connectivity index (χ0) is 16.7. The van der Waals surface area contributed by atoms with Gasteiger partial charge in [-0.1, -0.05) is 30.3 Å². The lowest BCUT2D eigenvalue weighted by atomic mass is 9.90. The first-order valence-electron chi connectivity index (χ1n) is 7.64. The van der Waals surface area contributed by atoms with Gasteiger partial charge in [0, 0.05) is 12.0 Å². The van der Waals surface area contributed by atoms with E-state index in [-0.39, 0.29) is 6.04 Å². The van der Waals surface area contributed by atoms with Crippen LogP contribution in [0.4, 0.5) is 0 Å². The molecular formula is C18H21NO3S. The highest BCUT2D eigenvalue weighted by Gasteiger charge is 2.35. The van der Waals surface area contributed by atoms with Crippen LogP contribution in [-0.2, 0) is 10.0 Å². The number of sulfonamides is 1. The number of nitrogens with one attached hydrogen (secondary N) is 1. The molecule has 0 aliphatic carbocycles. The van der Waals surface area contributed by atoms with Crippen LogP contribution in [0.15, 0.2) is 53.4 Å². The smallest absolute Gasteiger partial charge is 0.241 e. The molecule has 1 N–H and O–H groups in total. The highest BCUT2D eigenvalue weighted by molar-refractivity contribution is 7.89. The third kappa shape index (κ3) is 3.41. The first-order valence-corrected chi connectivity index (χ1v) is 9.12. The van der Waals surface area contributed by atoms with Gasteiger partial charge < -0.3 is 4.74 Å². The van der Waals surface area contributed by atoms with Gasteiger partial charge in [-0.25, -0.2) is 13.1 Å².